The Hall–Kier alpha value is -4.58. The molecule has 2 fully saturated rings. The predicted octanol–water partition coefficient (Wildman–Crippen LogP) is 6.96. The number of benzene rings is 2. The summed E-state index contributed by atoms with van der Waals surface area (Å²) < 4.78 is 36.5. The lowest BCUT2D eigenvalue weighted by Gasteiger charge is -2.59. The Labute approximate surface area is 301 Å². The Morgan fingerprint density at radius 1 is 1.00 bits per heavy atom. The van der Waals surface area contributed by atoms with Gasteiger partial charge in [0.05, 0.1) is 41.3 Å². The maximum atomic E-state index is 14.6. The molecular formula is C39H47N7O4S. The first-order chi connectivity index (χ1) is 24.2. The second-order valence-corrected chi connectivity index (χ2v) is 17.4. The Kier molecular flexibility index (Phi) is 9.02. The zero-order valence-corrected chi connectivity index (χ0v) is 31.1. The third kappa shape index (κ3) is 7.02. The summed E-state index contributed by atoms with van der Waals surface area (Å²) in [7, 11) is -2.08. The maximum Gasteiger partial charge on any atom is 0.264 e. The van der Waals surface area contributed by atoms with Gasteiger partial charge in [0, 0.05) is 30.3 Å². The Morgan fingerprint density at radius 3 is 2.41 bits per heavy atom. The summed E-state index contributed by atoms with van der Waals surface area (Å²) in [5.41, 5.74) is 4.45. The van der Waals surface area contributed by atoms with Gasteiger partial charge in [-0.05, 0) is 86.1 Å². The Bertz CT molecular complexity index is 2050. The number of nitrogens with zero attached hydrogens (tertiary/aromatic N) is 6. The zero-order valence-electron chi connectivity index (χ0n) is 30.3. The third-order valence-corrected chi connectivity index (χ3v) is 12.2. The molecule has 4 bridgehead atoms. The quantitative estimate of drug-likeness (QED) is 0.226. The van der Waals surface area contributed by atoms with E-state index in [1.807, 2.05) is 32.0 Å². The number of aromatic nitrogens is 4. The topological polar surface area (TPSA) is 131 Å². The largest absolute Gasteiger partial charge is 0.475 e. The Balaban J connectivity index is 1.30. The molecule has 3 aliphatic rings. The van der Waals surface area contributed by atoms with Crippen LogP contribution < -0.4 is 14.4 Å². The summed E-state index contributed by atoms with van der Waals surface area (Å²) in [5, 5.41) is 0. The molecule has 2 aliphatic carbocycles. The molecule has 3 heterocycles. The van der Waals surface area contributed by atoms with Gasteiger partial charge in [-0.3, -0.25) is 9.78 Å². The molecular weight excluding hydrogens is 663 g/mol. The van der Waals surface area contributed by atoms with Crippen molar-refractivity contribution in [1.82, 2.24) is 24.8 Å². The van der Waals surface area contributed by atoms with Crippen molar-refractivity contribution < 1.29 is 17.9 Å². The molecule has 1 unspecified atom stereocenters. The van der Waals surface area contributed by atoms with Gasteiger partial charge in [-0.15, -0.1) is 0 Å². The highest BCUT2D eigenvalue weighted by atomic mass is 32.2. The number of ether oxygens (including phenoxy) is 1. The van der Waals surface area contributed by atoms with E-state index in [0.717, 1.165) is 28.9 Å². The zero-order chi connectivity index (χ0) is 36.1. The third-order valence-electron chi connectivity index (χ3n) is 10.8. The van der Waals surface area contributed by atoms with E-state index in [9.17, 15) is 13.2 Å². The number of rotatable bonds is 6. The van der Waals surface area contributed by atoms with Crippen LogP contribution in [0.15, 0.2) is 65.8 Å². The minimum Gasteiger partial charge on any atom is -0.475 e. The van der Waals surface area contributed by atoms with Gasteiger partial charge >= 0.3 is 0 Å². The van der Waals surface area contributed by atoms with Crippen LogP contribution in [0.5, 0.6) is 5.88 Å². The molecule has 11 nitrogen and oxygen atoms in total. The first kappa shape index (κ1) is 34.9. The molecule has 2 aromatic heterocycles. The number of hydrogen-bond acceptors (Lipinski definition) is 9. The molecule has 12 heteroatoms. The van der Waals surface area contributed by atoms with Gasteiger partial charge in [-0.2, -0.15) is 4.98 Å². The smallest absolute Gasteiger partial charge is 0.264 e. The van der Waals surface area contributed by atoms with Gasteiger partial charge in [0.1, 0.15) is 12.4 Å². The fraction of sp³-hybridized carbons (Fsp3) is 0.462. The van der Waals surface area contributed by atoms with Crippen molar-refractivity contribution in [2.24, 2.45) is 10.8 Å². The van der Waals surface area contributed by atoms with Crippen molar-refractivity contribution in [3.63, 3.8) is 0 Å². The summed E-state index contributed by atoms with van der Waals surface area (Å²) >= 11 is 0. The number of hydrogen-bond donors (Lipinski definition) is 1. The number of fused-ring (bicyclic) bond motifs is 4. The monoisotopic (exact) mass is 709 g/mol. The molecule has 0 saturated heterocycles. The van der Waals surface area contributed by atoms with Gasteiger partial charge in [0.2, 0.25) is 11.8 Å². The average molecular weight is 710 g/mol. The van der Waals surface area contributed by atoms with E-state index in [1.54, 1.807) is 35.5 Å². The minimum absolute atomic E-state index is 0.0719. The van der Waals surface area contributed by atoms with E-state index in [-0.39, 0.29) is 46.8 Å². The van der Waals surface area contributed by atoms with Crippen LogP contribution >= 0.6 is 0 Å². The number of carbonyl (C=O) groups excluding carboxylic acids is 1. The molecule has 1 N–H and O–H groups in total. The summed E-state index contributed by atoms with van der Waals surface area (Å²) in [6, 6.07) is 13.8. The van der Waals surface area contributed by atoms with Crippen LogP contribution in [0.4, 0.5) is 11.8 Å². The van der Waals surface area contributed by atoms with Gasteiger partial charge in [-0.1, -0.05) is 51.5 Å². The molecule has 1 spiro atoms. The highest BCUT2D eigenvalue weighted by Crippen LogP contribution is 2.57. The van der Waals surface area contributed by atoms with Crippen LogP contribution in [0.1, 0.15) is 86.5 Å². The second-order valence-electron chi connectivity index (χ2n) is 15.7. The lowest BCUT2D eigenvalue weighted by Crippen LogP contribution is -2.57. The van der Waals surface area contributed by atoms with Gasteiger partial charge < -0.3 is 14.5 Å². The Morgan fingerprint density at radius 2 is 1.75 bits per heavy atom. The summed E-state index contributed by atoms with van der Waals surface area (Å²) in [5.74, 6) is 0.548. The van der Waals surface area contributed by atoms with Crippen molar-refractivity contribution >= 4 is 27.7 Å². The SMILES string of the molecule is Cc1cccc(C)c1-c1cc2nc(n1)NS(=O)(=O)c1cccc(c1)C(=O)N(Cc1cncc(N(C)C3CCC34CCC4)n1)[C@H](CC(C)(C)C)CO2. The molecule has 0 radical (unpaired) electrons. The fourth-order valence-electron chi connectivity index (χ4n) is 8.02. The predicted molar refractivity (Wildman–Crippen MR) is 197 cm³/mol. The highest BCUT2D eigenvalue weighted by molar-refractivity contribution is 7.92. The molecule has 51 heavy (non-hydrogen) atoms. The van der Waals surface area contributed by atoms with Crippen molar-refractivity contribution in [3.05, 3.63) is 83.3 Å². The standard InChI is InChI=1S/C39H47N7O4S/c1-25-10-7-11-26(2)35(25)31-19-34-43-37(42-31)44-51(48,49)30-13-8-12-27(18-30)36(47)46(29(24-50-34)20-38(3,4)5)23-28-21-40-22-33(41-28)45(6)32-14-17-39(32)15-9-16-39/h7-8,10-13,18-19,21-22,29,32H,9,14-17,20,23-24H2,1-6H3,(H,42,43,44)/t29-,32?/m1/s1. The van der Waals surface area contributed by atoms with E-state index in [4.69, 9.17) is 9.72 Å². The summed E-state index contributed by atoms with van der Waals surface area (Å²) in [6.45, 7) is 10.6. The minimum atomic E-state index is -4.18. The first-order valence-corrected chi connectivity index (χ1v) is 19.3. The summed E-state index contributed by atoms with van der Waals surface area (Å²) in [4.78, 5) is 37.3. The summed E-state index contributed by atoms with van der Waals surface area (Å²) in [6.07, 6.45) is 10.3. The van der Waals surface area contributed by atoms with E-state index in [2.05, 4.69) is 52.4 Å². The van der Waals surface area contributed by atoms with Crippen LogP contribution in [0, 0.1) is 24.7 Å². The van der Waals surface area contributed by atoms with E-state index < -0.39 is 16.1 Å². The van der Waals surface area contributed by atoms with Gasteiger partial charge in [0.15, 0.2) is 0 Å². The van der Waals surface area contributed by atoms with Crippen LogP contribution in [-0.4, -0.2) is 64.9 Å². The van der Waals surface area contributed by atoms with E-state index in [0.29, 0.717) is 29.3 Å². The number of amides is 1. The molecule has 2 aromatic carbocycles. The van der Waals surface area contributed by atoms with Gasteiger partial charge in [0.25, 0.3) is 15.9 Å². The van der Waals surface area contributed by atoms with Crippen LogP contribution in [0.2, 0.25) is 0 Å². The molecule has 2 atom stereocenters. The van der Waals surface area contributed by atoms with E-state index >= 15 is 0 Å². The normalized spacial score (nSPS) is 20.8. The first-order valence-electron chi connectivity index (χ1n) is 17.8. The van der Waals surface area contributed by atoms with Crippen LogP contribution in [0.25, 0.3) is 11.3 Å². The average Bonchev–Trinajstić information content (AvgIpc) is 3.03. The van der Waals surface area contributed by atoms with Crippen LogP contribution in [0.3, 0.4) is 0 Å². The lowest BCUT2D eigenvalue weighted by atomic mass is 9.52. The highest BCUT2D eigenvalue weighted by Gasteiger charge is 2.52. The number of sulfonamides is 1. The van der Waals surface area contributed by atoms with Crippen molar-refractivity contribution in [2.45, 2.75) is 96.7 Å². The number of carbonyl (C=O) groups is 1. The molecule has 1 aliphatic heterocycles. The molecule has 2 saturated carbocycles. The number of anilines is 2. The maximum absolute atomic E-state index is 14.6. The fourth-order valence-corrected chi connectivity index (χ4v) is 9.01. The van der Waals surface area contributed by atoms with Crippen LogP contribution in [-0.2, 0) is 16.6 Å². The number of nitrogens with one attached hydrogen (secondary N) is 1. The molecule has 7 rings (SSSR count). The lowest BCUT2D eigenvalue weighted by molar-refractivity contribution is -0.0000961. The molecule has 1 amide bonds. The van der Waals surface area contributed by atoms with Crippen molar-refractivity contribution in [3.8, 4) is 17.1 Å². The van der Waals surface area contributed by atoms with E-state index in [1.165, 1.54) is 37.8 Å². The molecule has 268 valence electrons. The van der Waals surface area contributed by atoms with Gasteiger partial charge in [-0.25, -0.2) is 23.1 Å². The number of aryl methyl sites for hydroxylation is 2. The van der Waals surface area contributed by atoms with Crippen molar-refractivity contribution in [1.29, 1.82) is 0 Å². The molecule has 4 aromatic rings. The van der Waals surface area contributed by atoms with Crippen molar-refractivity contribution in [2.75, 3.05) is 23.3 Å². The second kappa shape index (κ2) is 13.2.